The van der Waals surface area contributed by atoms with Gasteiger partial charge in [-0.3, -0.25) is 4.79 Å². The van der Waals surface area contributed by atoms with Crippen LogP contribution in [0.4, 0.5) is 5.69 Å². The van der Waals surface area contributed by atoms with Gasteiger partial charge in [-0.15, -0.1) is 0 Å². The van der Waals surface area contributed by atoms with Crippen LogP contribution in [0.15, 0.2) is 48.5 Å². The van der Waals surface area contributed by atoms with Crippen molar-refractivity contribution in [2.24, 2.45) is 0 Å². The van der Waals surface area contributed by atoms with Gasteiger partial charge in [-0.25, -0.2) is 4.79 Å². The fourth-order valence-electron chi connectivity index (χ4n) is 3.43. The molecule has 30 heavy (non-hydrogen) atoms. The van der Waals surface area contributed by atoms with E-state index in [-0.39, 0.29) is 5.91 Å². The van der Waals surface area contributed by atoms with Crippen LogP contribution in [-0.2, 0) is 9.53 Å². The van der Waals surface area contributed by atoms with Gasteiger partial charge in [0.15, 0.2) is 17.6 Å². The molecule has 3 rings (SSSR count). The van der Waals surface area contributed by atoms with Crippen LogP contribution in [-0.4, -0.2) is 62.8 Å². The zero-order valence-electron chi connectivity index (χ0n) is 17.7. The number of ether oxygens (including phenoxy) is 3. The highest BCUT2D eigenvalue weighted by Gasteiger charge is 2.28. The lowest BCUT2D eigenvalue weighted by Crippen LogP contribution is -2.51. The number of amides is 1. The molecule has 0 aromatic heterocycles. The third-order valence-electron chi connectivity index (χ3n) is 5.04. The predicted molar refractivity (Wildman–Crippen MR) is 114 cm³/mol. The van der Waals surface area contributed by atoms with E-state index in [0.29, 0.717) is 36.8 Å². The number of esters is 1. The maximum absolute atomic E-state index is 12.8. The van der Waals surface area contributed by atoms with Crippen LogP contribution in [0.3, 0.4) is 0 Å². The molecular weight excluding hydrogens is 384 g/mol. The van der Waals surface area contributed by atoms with Crippen LogP contribution in [0.5, 0.6) is 11.5 Å². The molecule has 1 heterocycles. The third-order valence-corrected chi connectivity index (χ3v) is 5.04. The summed E-state index contributed by atoms with van der Waals surface area (Å²) in [4.78, 5) is 29.3. The molecule has 0 unspecified atom stereocenters. The summed E-state index contributed by atoms with van der Waals surface area (Å²) >= 11 is 0. The molecule has 1 amide bonds. The summed E-state index contributed by atoms with van der Waals surface area (Å²) in [6.07, 6.45) is -0.863. The number of rotatable bonds is 7. The summed E-state index contributed by atoms with van der Waals surface area (Å²) in [7, 11) is 1.54. The number of methoxy groups -OCH3 is 1. The Balaban J connectivity index is 1.57. The van der Waals surface area contributed by atoms with Crippen molar-refractivity contribution in [3.8, 4) is 11.5 Å². The largest absolute Gasteiger partial charge is 0.493 e. The van der Waals surface area contributed by atoms with E-state index in [1.54, 1.807) is 30.0 Å². The van der Waals surface area contributed by atoms with Gasteiger partial charge in [0.2, 0.25) is 0 Å². The number of para-hydroxylation sites is 1. The van der Waals surface area contributed by atoms with E-state index in [0.717, 1.165) is 18.8 Å². The van der Waals surface area contributed by atoms with Gasteiger partial charge in [-0.2, -0.15) is 0 Å². The summed E-state index contributed by atoms with van der Waals surface area (Å²) in [5, 5.41) is 0. The number of carbonyl (C=O) groups excluding carboxylic acids is 2. The molecule has 0 N–H and O–H groups in total. The van der Waals surface area contributed by atoms with Gasteiger partial charge in [0.25, 0.3) is 5.91 Å². The van der Waals surface area contributed by atoms with E-state index in [1.165, 1.54) is 7.11 Å². The van der Waals surface area contributed by atoms with Crippen LogP contribution >= 0.6 is 0 Å². The standard InChI is InChI=1S/C23H28N2O5/c1-4-29-21-16-18(10-11-20(21)28-3)23(27)30-17(2)22(26)25-14-12-24(13-15-25)19-8-6-5-7-9-19/h5-11,16-17H,4,12-15H2,1-3H3/t17-/m0/s1. The van der Waals surface area contributed by atoms with Crippen molar-refractivity contribution in [2.45, 2.75) is 20.0 Å². The normalized spacial score (nSPS) is 14.8. The molecule has 0 aliphatic carbocycles. The zero-order valence-corrected chi connectivity index (χ0v) is 17.7. The quantitative estimate of drug-likeness (QED) is 0.652. The van der Waals surface area contributed by atoms with Crippen LogP contribution in [0.25, 0.3) is 0 Å². The molecular formula is C23H28N2O5. The average Bonchev–Trinajstić information content (AvgIpc) is 2.79. The Morgan fingerprint density at radius 1 is 1.00 bits per heavy atom. The highest BCUT2D eigenvalue weighted by Crippen LogP contribution is 2.28. The molecule has 160 valence electrons. The second kappa shape index (κ2) is 10.0. The second-order valence-corrected chi connectivity index (χ2v) is 6.99. The van der Waals surface area contributed by atoms with E-state index in [9.17, 15) is 9.59 Å². The smallest absolute Gasteiger partial charge is 0.339 e. The monoisotopic (exact) mass is 412 g/mol. The number of hydrogen-bond acceptors (Lipinski definition) is 6. The first-order valence-corrected chi connectivity index (χ1v) is 10.1. The lowest BCUT2D eigenvalue weighted by atomic mass is 10.2. The fourth-order valence-corrected chi connectivity index (χ4v) is 3.43. The van der Waals surface area contributed by atoms with Crippen LogP contribution < -0.4 is 14.4 Å². The fraction of sp³-hybridized carbons (Fsp3) is 0.391. The molecule has 7 nitrogen and oxygen atoms in total. The Morgan fingerprint density at radius 2 is 1.70 bits per heavy atom. The van der Waals surface area contributed by atoms with Crippen molar-refractivity contribution in [2.75, 3.05) is 44.8 Å². The lowest BCUT2D eigenvalue weighted by molar-refractivity contribution is -0.140. The number of carbonyl (C=O) groups is 2. The first-order chi connectivity index (χ1) is 14.5. The highest BCUT2D eigenvalue weighted by atomic mass is 16.5. The molecule has 7 heteroatoms. The van der Waals surface area contributed by atoms with Crippen molar-refractivity contribution in [1.82, 2.24) is 4.90 Å². The first kappa shape index (κ1) is 21.5. The minimum atomic E-state index is -0.863. The van der Waals surface area contributed by atoms with Gasteiger partial charge in [0.05, 0.1) is 19.3 Å². The van der Waals surface area contributed by atoms with Gasteiger partial charge in [-0.05, 0) is 44.2 Å². The number of hydrogen-bond donors (Lipinski definition) is 0. The molecule has 0 spiro atoms. The molecule has 1 fully saturated rings. The second-order valence-electron chi connectivity index (χ2n) is 6.99. The summed E-state index contributed by atoms with van der Waals surface area (Å²) in [5.74, 6) is 0.247. The van der Waals surface area contributed by atoms with E-state index >= 15 is 0 Å². The van der Waals surface area contributed by atoms with Crippen molar-refractivity contribution in [3.05, 3.63) is 54.1 Å². The Kier molecular flexibility index (Phi) is 7.17. The molecule has 2 aromatic carbocycles. The summed E-state index contributed by atoms with van der Waals surface area (Å²) in [6, 6.07) is 14.9. The molecule has 2 aromatic rings. The first-order valence-electron chi connectivity index (χ1n) is 10.1. The van der Waals surface area contributed by atoms with Crippen molar-refractivity contribution >= 4 is 17.6 Å². The van der Waals surface area contributed by atoms with E-state index in [1.807, 2.05) is 25.1 Å². The van der Waals surface area contributed by atoms with Gasteiger partial charge < -0.3 is 24.0 Å². The van der Waals surface area contributed by atoms with E-state index < -0.39 is 12.1 Å². The van der Waals surface area contributed by atoms with Crippen LogP contribution in [0, 0.1) is 0 Å². The van der Waals surface area contributed by atoms with Crippen molar-refractivity contribution in [1.29, 1.82) is 0 Å². The number of benzene rings is 2. The SMILES string of the molecule is CCOc1cc(C(=O)O[C@@H](C)C(=O)N2CCN(c3ccccc3)CC2)ccc1OC. The Morgan fingerprint density at radius 3 is 2.33 bits per heavy atom. The van der Waals surface area contributed by atoms with Gasteiger partial charge >= 0.3 is 5.97 Å². The third kappa shape index (κ3) is 5.03. The van der Waals surface area contributed by atoms with Crippen molar-refractivity contribution < 1.29 is 23.8 Å². The predicted octanol–water partition coefficient (Wildman–Crippen LogP) is 2.99. The van der Waals surface area contributed by atoms with Gasteiger partial charge in [-0.1, -0.05) is 18.2 Å². The summed E-state index contributed by atoms with van der Waals surface area (Å²) in [5.41, 5.74) is 1.46. The number of piperazine rings is 1. The highest BCUT2D eigenvalue weighted by molar-refractivity contribution is 5.93. The summed E-state index contributed by atoms with van der Waals surface area (Å²) in [6.45, 7) is 6.57. The van der Waals surface area contributed by atoms with Gasteiger partial charge in [0.1, 0.15) is 0 Å². The number of nitrogens with zero attached hydrogens (tertiary/aromatic N) is 2. The average molecular weight is 412 g/mol. The Bertz CT molecular complexity index is 863. The molecule has 0 bridgehead atoms. The minimum absolute atomic E-state index is 0.186. The number of anilines is 1. The van der Waals surface area contributed by atoms with Crippen molar-refractivity contribution in [3.63, 3.8) is 0 Å². The maximum Gasteiger partial charge on any atom is 0.339 e. The summed E-state index contributed by atoms with van der Waals surface area (Å²) < 4.78 is 16.2. The molecule has 0 radical (unpaired) electrons. The minimum Gasteiger partial charge on any atom is -0.493 e. The molecule has 0 saturated carbocycles. The molecule has 1 aliphatic rings. The molecule has 1 saturated heterocycles. The Hall–Kier alpha value is -3.22. The lowest BCUT2D eigenvalue weighted by Gasteiger charge is -2.37. The Labute approximate surface area is 177 Å². The molecule has 1 aliphatic heterocycles. The maximum atomic E-state index is 12.8. The van der Waals surface area contributed by atoms with Crippen LogP contribution in [0.1, 0.15) is 24.2 Å². The van der Waals surface area contributed by atoms with Crippen LogP contribution in [0.2, 0.25) is 0 Å². The zero-order chi connectivity index (χ0) is 21.5. The molecule has 1 atom stereocenters. The topological polar surface area (TPSA) is 68.3 Å². The van der Waals surface area contributed by atoms with Gasteiger partial charge in [0, 0.05) is 31.9 Å². The van der Waals surface area contributed by atoms with E-state index in [2.05, 4.69) is 17.0 Å². The van der Waals surface area contributed by atoms with E-state index in [4.69, 9.17) is 14.2 Å².